The van der Waals surface area contributed by atoms with Crippen LogP contribution in [-0.4, -0.2) is 35.3 Å². The molecule has 1 unspecified atom stereocenters. The molecule has 3 atom stereocenters. The number of fused-ring (bicyclic) bond motifs is 2. The molecule has 2 aliphatic rings. The van der Waals surface area contributed by atoms with Crippen molar-refractivity contribution in [2.45, 2.75) is 57.2 Å². The molecule has 3 heterocycles. The predicted molar refractivity (Wildman–Crippen MR) is 72.9 cm³/mol. The molecule has 19 heavy (non-hydrogen) atoms. The third-order valence-electron chi connectivity index (χ3n) is 4.28. The number of piperidine rings is 2. The third-order valence-corrected chi connectivity index (χ3v) is 4.28. The maximum absolute atomic E-state index is 6.04. The molecule has 3 rings (SSSR count). The van der Waals surface area contributed by atoms with Crippen molar-refractivity contribution in [1.82, 2.24) is 10.0 Å². The van der Waals surface area contributed by atoms with Crippen molar-refractivity contribution in [1.29, 1.82) is 0 Å². The molecular weight excluding hydrogens is 240 g/mol. The third kappa shape index (κ3) is 2.74. The molecule has 0 radical (unpaired) electrons. The van der Waals surface area contributed by atoms with E-state index >= 15 is 0 Å². The predicted octanol–water partition coefficient (Wildman–Crippen LogP) is 2.72. The summed E-state index contributed by atoms with van der Waals surface area (Å²) in [5.41, 5.74) is 1.16. The summed E-state index contributed by atoms with van der Waals surface area (Å²) in [6, 6.07) is 4.94. The Balaban J connectivity index is 1.71. The molecule has 1 aromatic heterocycles. The van der Waals surface area contributed by atoms with Gasteiger partial charge in [-0.05, 0) is 38.2 Å². The van der Waals surface area contributed by atoms with E-state index in [-0.39, 0.29) is 0 Å². The second-order valence-corrected chi connectivity index (χ2v) is 5.69. The minimum Gasteiger partial charge on any atom is -0.385 e. The highest BCUT2D eigenvalue weighted by Crippen LogP contribution is 2.35. The van der Waals surface area contributed by atoms with Crippen LogP contribution >= 0.6 is 0 Å². The van der Waals surface area contributed by atoms with Crippen LogP contribution in [0.2, 0.25) is 0 Å². The normalized spacial score (nSPS) is 31.2. The Morgan fingerprint density at radius 3 is 2.53 bits per heavy atom. The maximum atomic E-state index is 6.04. The van der Waals surface area contributed by atoms with E-state index in [9.17, 15) is 0 Å². The van der Waals surface area contributed by atoms with E-state index in [4.69, 9.17) is 9.57 Å². The van der Waals surface area contributed by atoms with Crippen molar-refractivity contribution >= 4 is 0 Å². The molecular formula is C15H22N2O2. The molecule has 0 N–H and O–H groups in total. The lowest BCUT2D eigenvalue weighted by atomic mass is 9.85. The summed E-state index contributed by atoms with van der Waals surface area (Å²) in [5.74, 6) is 0.707. The van der Waals surface area contributed by atoms with Crippen LogP contribution in [0.5, 0.6) is 5.88 Å². The zero-order valence-corrected chi connectivity index (χ0v) is 11.7. The molecule has 4 heteroatoms. The lowest BCUT2D eigenvalue weighted by Crippen LogP contribution is -2.55. The van der Waals surface area contributed by atoms with Crippen LogP contribution in [0.4, 0.5) is 0 Å². The SMILES string of the molecule is COC1C[C@H]2CCC[C@@H](C1)N2Oc1ccc(C)cn1. The van der Waals surface area contributed by atoms with Crippen molar-refractivity contribution in [2.75, 3.05) is 7.11 Å². The highest BCUT2D eigenvalue weighted by atomic mass is 16.7. The highest BCUT2D eigenvalue weighted by Gasteiger charge is 2.40. The topological polar surface area (TPSA) is 34.6 Å². The maximum Gasteiger partial charge on any atom is 0.238 e. The number of aromatic nitrogens is 1. The average molecular weight is 262 g/mol. The molecule has 2 fully saturated rings. The monoisotopic (exact) mass is 262 g/mol. The molecule has 2 saturated heterocycles. The fourth-order valence-corrected chi connectivity index (χ4v) is 3.25. The Bertz CT molecular complexity index is 407. The van der Waals surface area contributed by atoms with E-state index in [1.807, 2.05) is 32.4 Å². The van der Waals surface area contributed by atoms with Crippen LogP contribution in [0.1, 0.15) is 37.7 Å². The van der Waals surface area contributed by atoms with E-state index in [0.29, 0.717) is 24.1 Å². The minimum absolute atomic E-state index is 0.390. The van der Waals surface area contributed by atoms with Crippen LogP contribution in [-0.2, 0) is 4.74 Å². The smallest absolute Gasteiger partial charge is 0.238 e. The van der Waals surface area contributed by atoms with Crippen LogP contribution in [0, 0.1) is 6.92 Å². The Morgan fingerprint density at radius 1 is 1.21 bits per heavy atom. The summed E-state index contributed by atoms with van der Waals surface area (Å²) in [6.07, 6.45) is 8.07. The van der Waals surface area contributed by atoms with Gasteiger partial charge in [-0.25, -0.2) is 4.98 Å². The van der Waals surface area contributed by atoms with Gasteiger partial charge in [-0.2, -0.15) is 0 Å². The average Bonchev–Trinajstić information content (AvgIpc) is 2.41. The van der Waals surface area contributed by atoms with Gasteiger partial charge < -0.3 is 9.57 Å². The van der Waals surface area contributed by atoms with Gasteiger partial charge in [-0.1, -0.05) is 12.5 Å². The number of pyridine rings is 1. The van der Waals surface area contributed by atoms with Crippen LogP contribution in [0.3, 0.4) is 0 Å². The van der Waals surface area contributed by atoms with E-state index in [0.717, 1.165) is 18.4 Å². The van der Waals surface area contributed by atoms with E-state index in [2.05, 4.69) is 10.0 Å². The number of methoxy groups -OCH3 is 1. The van der Waals surface area contributed by atoms with Crippen molar-refractivity contribution in [3.05, 3.63) is 23.9 Å². The Labute approximate surface area is 114 Å². The first-order valence-electron chi connectivity index (χ1n) is 7.18. The van der Waals surface area contributed by atoms with Gasteiger partial charge in [-0.3, -0.25) is 0 Å². The number of hydroxylamine groups is 2. The summed E-state index contributed by atoms with van der Waals surface area (Å²) < 4.78 is 5.54. The zero-order valence-electron chi connectivity index (χ0n) is 11.7. The Morgan fingerprint density at radius 2 is 1.95 bits per heavy atom. The van der Waals surface area contributed by atoms with Gasteiger partial charge in [0.1, 0.15) is 0 Å². The van der Waals surface area contributed by atoms with Gasteiger partial charge >= 0.3 is 0 Å². The van der Waals surface area contributed by atoms with Gasteiger partial charge in [0.2, 0.25) is 5.88 Å². The molecule has 0 amide bonds. The Kier molecular flexibility index (Phi) is 3.71. The van der Waals surface area contributed by atoms with E-state index < -0.39 is 0 Å². The van der Waals surface area contributed by atoms with E-state index in [1.165, 1.54) is 19.3 Å². The van der Waals surface area contributed by atoms with Crippen molar-refractivity contribution in [2.24, 2.45) is 0 Å². The lowest BCUT2D eigenvalue weighted by molar-refractivity contribution is -0.191. The summed E-state index contributed by atoms with van der Waals surface area (Å²) in [6.45, 7) is 2.04. The van der Waals surface area contributed by atoms with Gasteiger partial charge in [0.25, 0.3) is 0 Å². The number of rotatable bonds is 3. The summed E-state index contributed by atoms with van der Waals surface area (Å²) in [5, 5.41) is 2.18. The molecule has 0 spiro atoms. The summed E-state index contributed by atoms with van der Waals surface area (Å²) in [4.78, 5) is 10.4. The molecule has 0 saturated carbocycles. The Hall–Kier alpha value is -1.13. The molecule has 104 valence electrons. The second-order valence-electron chi connectivity index (χ2n) is 5.69. The molecule has 0 aromatic carbocycles. The molecule has 0 aliphatic carbocycles. The number of hydrogen-bond acceptors (Lipinski definition) is 4. The van der Waals surface area contributed by atoms with Crippen LogP contribution < -0.4 is 4.84 Å². The molecule has 1 aromatic rings. The zero-order chi connectivity index (χ0) is 13.2. The highest BCUT2D eigenvalue weighted by molar-refractivity contribution is 5.16. The van der Waals surface area contributed by atoms with Crippen LogP contribution in [0.25, 0.3) is 0 Å². The number of nitrogens with zero attached hydrogens (tertiary/aromatic N) is 2. The fraction of sp³-hybridized carbons (Fsp3) is 0.667. The summed E-state index contributed by atoms with van der Waals surface area (Å²) in [7, 11) is 1.82. The number of ether oxygens (including phenoxy) is 1. The number of aryl methyl sites for hydroxylation is 1. The minimum atomic E-state index is 0.390. The van der Waals surface area contributed by atoms with E-state index in [1.54, 1.807) is 0 Å². The van der Waals surface area contributed by atoms with Gasteiger partial charge in [-0.15, -0.1) is 5.06 Å². The fourth-order valence-electron chi connectivity index (χ4n) is 3.25. The first kappa shape index (κ1) is 12.9. The molecule has 2 bridgehead atoms. The first-order chi connectivity index (χ1) is 9.26. The number of hydrogen-bond donors (Lipinski definition) is 0. The van der Waals surface area contributed by atoms with Crippen molar-refractivity contribution in [3.8, 4) is 5.88 Å². The first-order valence-corrected chi connectivity index (χ1v) is 7.18. The van der Waals surface area contributed by atoms with Crippen molar-refractivity contribution in [3.63, 3.8) is 0 Å². The largest absolute Gasteiger partial charge is 0.385 e. The standard InChI is InChI=1S/C15H22N2O2/c1-11-6-7-15(16-10-11)19-17-12-4-3-5-13(17)9-14(8-12)18-2/h6-7,10,12-14H,3-5,8-9H2,1-2H3/t12-,13+,14?. The second kappa shape index (κ2) is 5.47. The molecule has 4 nitrogen and oxygen atoms in total. The lowest BCUT2D eigenvalue weighted by Gasteiger charge is -2.46. The van der Waals surface area contributed by atoms with Gasteiger partial charge in [0.15, 0.2) is 0 Å². The van der Waals surface area contributed by atoms with Crippen molar-refractivity contribution < 1.29 is 9.57 Å². The molecule has 2 aliphatic heterocycles. The quantitative estimate of drug-likeness (QED) is 0.839. The van der Waals surface area contributed by atoms with Gasteiger partial charge in [0.05, 0.1) is 6.10 Å². The summed E-state index contributed by atoms with van der Waals surface area (Å²) >= 11 is 0. The van der Waals surface area contributed by atoms with Crippen LogP contribution in [0.15, 0.2) is 18.3 Å². The van der Waals surface area contributed by atoms with Gasteiger partial charge in [0, 0.05) is 31.5 Å².